The van der Waals surface area contributed by atoms with Crippen molar-refractivity contribution in [2.75, 3.05) is 6.26 Å². The number of halogens is 2. The van der Waals surface area contributed by atoms with Crippen molar-refractivity contribution in [1.29, 1.82) is 0 Å². The van der Waals surface area contributed by atoms with Gasteiger partial charge in [-0.3, -0.25) is 9.59 Å². The second-order valence-corrected chi connectivity index (χ2v) is 7.70. The summed E-state index contributed by atoms with van der Waals surface area (Å²) >= 11 is 7.41. The van der Waals surface area contributed by atoms with Crippen molar-refractivity contribution < 1.29 is 14.0 Å². The summed E-state index contributed by atoms with van der Waals surface area (Å²) in [7, 11) is 0. The number of hydrogen-bond donors (Lipinski definition) is 1. The summed E-state index contributed by atoms with van der Waals surface area (Å²) in [6.07, 6.45) is 3.34. The Morgan fingerprint density at radius 1 is 1.35 bits per heavy atom. The van der Waals surface area contributed by atoms with Crippen LogP contribution in [-0.4, -0.2) is 27.9 Å². The molecule has 0 aliphatic heterocycles. The largest absolute Gasteiger partial charge is 0.369 e. The Hall–Kier alpha value is -1.99. The predicted molar refractivity (Wildman–Crippen MR) is 99.9 cm³/mol. The standard InChI is InChI=1S/C18H19ClFN3O2S/c1-18(2,16(21)25)9-10-6-11(19)7-13(15(10)20)14(24)8-12-4-5-22-17(23-12)26-3/h4-7H,8-9H2,1-3H3,(H2,21,25). The number of Topliss-reactive ketones (excluding diaryl/α,β-unsaturated/α-hetero) is 1. The Kier molecular flexibility index (Phi) is 6.36. The monoisotopic (exact) mass is 395 g/mol. The molecule has 2 rings (SSSR count). The number of primary amides is 1. The Morgan fingerprint density at radius 3 is 2.65 bits per heavy atom. The van der Waals surface area contributed by atoms with E-state index in [1.165, 1.54) is 23.9 Å². The highest BCUT2D eigenvalue weighted by Gasteiger charge is 2.28. The molecule has 1 amide bonds. The second-order valence-electron chi connectivity index (χ2n) is 6.49. The topological polar surface area (TPSA) is 85.9 Å². The van der Waals surface area contributed by atoms with Gasteiger partial charge in [-0.2, -0.15) is 0 Å². The fraction of sp³-hybridized carbons (Fsp3) is 0.333. The molecular weight excluding hydrogens is 377 g/mol. The molecule has 2 N–H and O–H groups in total. The van der Waals surface area contributed by atoms with E-state index in [0.29, 0.717) is 10.9 Å². The first-order chi connectivity index (χ1) is 12.1. The van der Waals surface area contributed by atoms with E-state index < -0.39 is 22.9 Å². The lowest BCUT2D eigenvalue weighted by Crippen LogP contribution is -2.33. The lowest BCUT2D eigenvalue weighted by Gasteiger charge is -2.21. The minimum Gasteiger partial charge on any atom is -0.369 e. The molecule has 0 aliphatic rings. The van der Waals surface area contributed by atoms with Crippen molar-refractivity contribution in [2.45, 2.75) is 31.8 Å². The van der Waals surface area contributed by atoms with Crippen LogP contribution in [0.25, 0.3) is 0 Å². The van der Waals surface area contributed by atoms with E-state index in [0.717, 1.165) is 0 Å². The molecule has 0 atom stereocenters. The number of benzene rings is 1. The van der Waals surface area contributed by atoms with Gasteiger partial charge in [0, 0.05) is 16.6 Å². The molecule has 0 aliphatic carbocycles. The molecule has 0 bridgehead atoms. The maximum atomic E-state index is 14.9. The third kappa shape index (κ3) is 4.80. The number of ketones is 1. The maximum absolute atomic E-state index is 14.9. The smallest absolute Gasteiger partial charge is 0.223 e. The quantitative estimate of drug-likeness (QED) is 0.440. The Labute approximate surface area is 160 Å². The number of carbonyl (C=O) groups is 2. The number of hydrogen-bond acceptors (Lipinski definition) is 5. The Bertz CT molecular complexity index is 858. The molecule has 0 spiro atoms. The average Bonchev–Trinajstić information content (AvgIpc) is 2.57. The normalized spacial score (nSPS) is 11.4. The number of amides is 1. The molecule has 0 saturated carbocycles. The van der Waals surface area contributed by atoms with E-state index in [9.17, 15) is 14.0 Å². The summed E-state index contributed by atoms with van der Waals surface area (Å²) in [6.45, 7) is 3.23. The molecule has 26 heavy (non-hydrogen) atoms. The molecule has 0 fully saturated rings. The van der Waals surface area contributed by atoms with Gasteiger partial charge in [-0.15, -0.1) is 0 Å². The fourth-order valence-electron chi connectivity index (χ4n) is 2.37. The van der Waals surface area contributed by atoms with E-state index in [4.69, 9.17) is 17.3 Å². The molecule has 1 aromatic heterocycles. The molecule has 1 heterocycles. The van der Waals surface area contributed by atoms with Gasteiger partial charge in [0.25, 0.3) is 0 Å². The zero-order valence-electron chi connectivity index (χ0n) is 14.7. The highest BCUT2D eigenvalue weighted by Crippen LogP contribution is 2.28. The molecule has 0 saturated heterocycles. The molecular formula is C18H19ClFN3O2S. The number of aromatic nitrogens is 2. The van der Waals surface area contributed by atoms with E-state index >= 15 is 0 Å². The molecule has 138 valence electrons. The van der Waals surface area contributed by atoms with E-state index in [2.05, 4.69) is 9.97 Å². The number of nitrogens with zero attached hydrogens (tertiary/aromatic N) is 2. The Morgan fingerprint density at radius 2 is 2.04 bits per heavy atom. The highest BCUT2D eigenvalue weighted by atomic mass is 35.5. The van der Waals surface area contributed by atoms with Crippen LogP contribution in [0, 0.1) is 11.2 Å². The van der Waals surface area contributed by atoms with Crippen LogP contribution in [0.3, 0.4) is 0 Å². The van der Waals surface area contributed by atoms with Crippen LogP contribution in [0.15, 0.2) is 29.6 Å². The summed E-state index contributed by atoms with van der Waals surface area (Å²) in [4.78, 5) is 32.4. The summed E-state index contributed by atoms with van der Waals surface area (Å²) in [6, 6.07) is 4.31. The van der Waals surface area contributed by atoms with Crippen molar-refractivity contribution in [3.05, 3.63) is 52.1 Å². The van der Waals surface area contributed by atoms with Gasteiger partial charge in [-0.25, -0.2) is 14.4 Å². The van der Waals surface area contributed by atoms with Gasteiger partial charge >= 0.3 is 0 Å². The average molecular weight is 396 g/mol. The van der Waals surface area contributed by atoms with Crippen LogP contribution in [0.2, 0.25) is 5.02 Å². The summed E-state index contributed by atoms with van der Waals surface area (Å²) < 4.78 is 14.9. The van der Waals surface area contributed by atoms with Gasteiger partial charge < -0.3 is 5.73 Å². The fourth-order valence-corrected chi connectivity index (χ4v) is 2.99. The molecule has 0 radical (unpaired) electrons. The van der Waals surface area contributed by atoms with Crippen molar-refractivity contribution in [2.24, 2.45) is 11.1 Å². The van der Waals surface area contributed by atoms with Crippen LogP contribution < -0.4 is 5.73 Å². The van der Waals surface area contributed by atoms with Crippen molar-refractivity contribution in [3.63, 3.8) is 0 Å². The van der Waals surface area contributed by atoms with Crippen molar-refractivity contribution >= 4 is 35.1 Å². The van der Waals surface area contributed by atoms with Gasteiger partial charge in [-0.05, 0) is 36.4 Å². The third-order valence-electron chi connectivity index (χ3n) is 3.93. The van der Waals surface area contributed by atoms with Gasteiger partial charge in [0.2, 0.25) is 5.91 Å². The van der Waals surface area contributed by atoms with E-state index in [-0.39, 0.29) is 29.0 Å². The van der Waals surface area contributed by atoms with Gasteiger partial charge in [-0.1, -0.05) is 37.2 Å². The molecule has 8 heteroatoms. The molecule has 0 unspecified atom stereocenters. The van der Waals surface area contributed by atoms with Crippen molar-refractivity contribution in [3.8, 4) is 0 Å². The molecule has 5 nitrogen and oxygen atoms in total. The predicted octanol–water partition coefficient (Wildman–Crippen LogP) is 3.47. The van der Waals surface area contributed by atoms with Gasteiger partial charge in [0.1, 0.15) is 5.82 Å². The summed E-state index contributed by atoms with van der Waals surface area (Å²) in [5.74, 6) is -1.70. The zero-order valence-corrected chi connectivity index (χ0v) is 16.2. The first-order valence-corrected chi connectivity index (χ1v) is 9.41. The van der Waals surface area contributed by atoms with Gasteiger partial charge in [0.15, 0.2) is 10.9 Å². The SMILES string of the molecule is CSc1nccc(CC(=O)c2cc(Cl)cc(CC(C)(C)C(N)=O)c2F)n1. The van der Waals surface area contributed by atoms with E-state index in [1.807, 2.05) is 6.26 Å². The number of rotatable bonds is 7. The first-order valence-electron chi connectivity index (χ1n) is 7.81. The maximum Gasteiger partial charge on any atom is 0.223 e. The highest BCUT2D eigenvalue weighted by molar-refractivity contribution is 7.98. The van der Waals surface area contributed by atoms with Crippen molar-refractivity contribution in [1.82, 2.24) is 9.97 Å². The van der Waals surface area contributed by atoms with Crippen LogP contribution in [-0.2, 0) is 17.6 Å². The lowest BCUT2D eigenvalue weighted by atomic mass is 9.84. The number of thioether (sulfide) groups is 1. The zero-order chi connectivity index (χ0) is 19.5. The van der Waals surface area contributed by atoms with Gasteiger partial charge in [0.05, 0.1) is 17.7 Å². The van der Waals surface area contributed by atoms with Crippen LogP contribution in [0.4, 0.5) is 4.39 Å². The van der Waals surface area contributed by atoms with Crippen LogP contribution in [0.5, 0.6) is 0 Å². The minimum absolute atomic E-state index is 0.0408. The Balaban J connectivity index is 2.34. The molecule has 2 aromatic rings. The molecule has 1 aromatic carbocycles. The summed E-state index contributed by atoms with van der Waals surface area (Å²) in [5, 5.41) is 0.753. The number of carbonyl (C=O) groups excluding carboxylic acids is 2. The lowest BCUT2D eigenvalue weighted by molar-refractivity contribution is -0.125. The van der Waals surface area contributed by atoms with Crippen LogP contribution >= 0.6 is 23.4 Å². The second kappa shape index (κ2) is 8.14. The minimum atomic E-state index is -0.967. The first kappa shape index (κ1) is 20.3. The van der Waals surface area contributed by atoms with E-state index in [1.54, 1.807) is 26.1 Å². The van der Waals surface area contributed by atoms with Crippen LogP contribution in [0.1, 0.15) is 35.5 Å². The summed E-state index contributed by atoms with van der Waals surface area (Å²) in [5.41, 5.74) is 4.93. The number of nitrogens with two attached hydrogens (primary N) is 1. The third-order valence-corrected chi connectivity index (χ3v) is 4.71.